The van der Waals surface area contributed by atoms with Gasteiger partial charge >= 0.3 is 0 Å². The maximum Gasteiger partial charge on any atom is 0.208 e. The first-order valence-electron chi connectivity index (χ1n) is 9.21. The van der Waals surface area contributed by atoms with E-state index < -0.39 is 23.1 Å². The van der Waals surface area contributed by atoms with Crippen LogP contribution in [0.25, 0.3) is 0 Å². The molecule has 3 nitrogen and oxygen atoms in total. The van der Waals surface area contributed by atoms with E-state index >= 15 is 0 Å². The maximum absolute atomic E-state index is 13.9. The van der Waals surface area contributed by atoms with E-state index in [9.17, 15) is 8.42 Å². The Labute approximate surface area is 160 Å². The van der Waals surface area contributed by atoms with Gasteiger partial charge in [0.25, 0.3) is 0 Å². The third-order valence-electron chi connectivity index (χ3n) is 5.87. The van der Waals surface area contributed by atoms with Gasteiger partial charge in [0.15, 0.2) is 13.3 Å². The molecule has 0 fully saturated rings. The van der Waals surface area contributed by atoms with Gasteiger partial charge in [0, 0.05) is 11.8 Å². The molecule has 1 aromatic carbocycles. The highest BCUT2D eigenvalue weighted by Gasteiger charge is 2.57. The summed E-state index contributed by atoms with van der Waals surface area (Å²) >= 11 is 0. The van der Waals surface area contributed by atoms with Gasteiger partial charge in [0.2, 0.25) is 9.84 Å². The lowest BCUT2D eigenvalue weighted by Crippen LogP contribution is -2.59. The summed E-state index contributed by atoms with van der Waals surface area (Å²) in [7, 11) is -6.09. The summed E-state index contributed by atoms with van der Waals surface area (Å²) in [6.45, 7) is 14.6. The van der Waals surface area contributed by atoms with Crippen LogP contribution in [-0.2, 0) is 14.3 Å². The molecule has 0 heterocycles. The topological polar surface area (TPSA) is 43.4 Å². The van der Waals surface area contributed by atoms with Crippen molar-refractivity contribution in [3.63, 3.8) is 0 Å². The molecule has 5 heteroatoms. The molecule has 0 spiro atoms. The van der Waals surface area contributed by atoms with E-state index in [1.54, 1.807) is 24.3 Å². The second-order valence-electron chi connectivity index (χ2n) is 8.75. The zero-order chi connectivity index (χ0) is 19.8. The van der Waals surface area contributed by atoms with Crippen molar-refractivity contribution in [1.82, 2.24) is 0 Å². The Kier molecular flexibility index (Phi) is 5.77. The number of hydrogen-bond donors (Lipinski definition) is 0. The normalized spacial score (nSPS) is 27.3. The SMILES string of the molecule is CC1C=CC=CC(C)C1(O[Si](C)(C)C(C)(C)C)S(=O)(=O)c1ccccc1. The predicted molar refractivity (Wildman–Crippen MR) is 111 cm³/mol. The zero-order valence-corrected chi connectivity index (χ0v) is 18.8. The van der Waals surface area contributed by atoms with Crippen LogP contribution in [-0.4, -0.2) is 21.7 Å². The molecule has 0 bridgehead atoms. The number of rotatable bonds is 4. The first-order chi connectivity index (χ1) is 11.9. The van der Waals surface area contributed by atoms with Crippen LogP contribution < -0.4 is 0 Å². The third kappa shape index (κ3) is 3.49. The number of benzene rings is 1. The number of hydrogen-bond acceptors (Lipinski definition) is 3. The predicted octanol–water partition coefficient (Wildman–Crippen LogP) is 5.58. The van der Waals surface area contributed by atoms with Crippen LogP contribution in [0.4, 0.5) is 0 Å². The Balaban J connectivity index is 2.75. The summed E-state index contributed by atoms with van der Waals surface area (Å²) < 4.78 is 34.6. The Morgan fingerprint density at radius 1 is 0.962 bits per heavy atom. The van der Waals surface area contributed by atoms with Crippen molar-refractivity contribution >= 4 is 18.2 Å². The van der Waals surface area contributed by atoms with Crippen molar-refractivity contribution in [1.29, 1.82) is 0 Å². The molecule has 2 atom stereocenters. The molecule has 0 amide bonds. The molecule has 1 aliphatic carbocycles. The molecule has 1 aromatic rings. The second kappa shape index (κ2) is 7.10. The number of sulfone groups is 1. The number of allylic oxidation sites excluding steroid dienone is 2. The molecule has 2 unspecified atom stereocenters. The van der Waals surface area contributed by atoms with Crippen molar-refractivity contribution in [3.05, 3.63) is 54.6 Å². The van der Waals surface area contributed by atoms with Crippen LogP contribution in [0.5, 0.6) is 0 Å². The molecule has 144 valence electrons. The van der Waals surface area contributed by atoms with Crippen LogP contribution in [0.15, 0.2) is 59.5 Å². The van der Waals surface area contributed by atoms with Crippen LogP contribution in [0.3, 0.4) is 0 Å². The summed E-state index contributed by atoms with van der Waals surface area (Å²) in [6.07, 6.45) is 7.76. The average molecular weight is 393 g/mol. The van der Waals surface area contributed by atoms with E-state index in [1.807, 2.05) is 44.2 Å². The van der Waals surface area contributed by atoms with Gasteiger partial charge in [-0.15, -0.1) is 0 Å². The fourth-order valence-corrected chi connectivity index (χ4v) is 7.77. The lowest BCUT2D eigenvalue weighted by atomic mass is 9.94. The molecular formula is C21H32O3SSi. The van der Waals surface area contributed by atoms with Crippen molar-refractivity contribution in [3.8, 4) is 0 Å². The van der Waals surface area contributed by atoms with Gasteiger partial charge in [-0.1, -0.05) is 77.1 Å². The Morgan fingerprint density at radius 3 is 1.85 bits per heavy atom. The molecule has 1 aliphatic rings. The molecule has 0 saturated carbocycles. The van der Waals surface area contributed by atoms with Crippen LogP contribution >= 0.6 is 0 Å². The largest absolute Gasteiger partial charge is 0.397 e. The maximum atomic E-state index is 13.9. The van der Waals surface area contributed by atoms with Crippen LogP contribution in [0.2, 0.25) is 18.1 Å². The summed E-state index contributed by atoms with van der Waals surface area (Å²) in [4.78, 5) is -0.998. The average Bonchev–Trinajstić information content (AvgIpc) is 2.68. The van der Waals surface area contributed by atoms with Gasteiger partial charge in [0.05, 0.1) is 4.90 Å². The summed E-state index contributed by atoms with van der Waals surface area (Å²) in [6, 6.07) is 8.71. The van der Waals surface area contributed by atoms with E-state index in [2.05, 4.69) is 33.9 Å². The molecule has 2 rings (SSSR count). The van der Waals surface area contributed by atoms with Gasteiger partial charge in [-0.3, -0.25) is 0 Å². The highest BCUT2D eigenvalue weighted by Crippen LogP contribution is 2.48. The summed E-state index contributed by atoms with van der Waals surface area (Å²) in [5.41, 5.74) is 0. The minimum Gasteiger partial charge on any atom is -0.397 e. The molecule has 0 aromatic heterocycles. The molecule has 0 radical (unpaired) electrons. The quantitative estimate of drug-likeness (QED) is 0.629. The fourth-order valence-electron chi connectivity index (χ4n) is 3.21. The van der Waals surface area contributed by atoms with E-state index in [-0.39, 0.29) is 16.9 Å². The Hall–Kier alpha value is -1.17. The van der Waals surface area contributed by atoms with Gasteiger partial charge in [-0.05, 0) is 30.3 Å². The first kappa shape index (κ1) is 21.1. The minimum absolute atomic E-state index is 0.0919. The van der Waals surface area contributed by atoms with E-state index in [0.717, 1.165) is 0 Å². The molecule has 0 aliphatic heterocycles. The van der Waals surface area contributed by atoms with E-state index in [0.29, 0.717) is 4.90 Å². The zero-order valence-electron chi connectivity index (χ0n) is 17.0. The summed E-state index contributed by atoms with van der Waals surface area (Å²) in [5.74, 6) is -0.543. The van der Waals surface area contributed by atoms with Gasteiger partial charge in [-0.2, -0.15) is 0 Å². The standard InChI is InChI=1S/C21H32O3SSi/c1-17-13-11-12-14-18(2)21(17,24-26(6,7)20(3,4)5)25(22,23)19-15-9-8-10-16-19/h8-18H,1-7H3. The summed E-state index contributed by atoms with van der Waals surface area (Å²) in [5, 5.41) is -0.0919. The van der Waals surface area contributed by atoms with Crippen molar-refractivity contribution in [2.45, 2.75) is 62.6 Å². The Bertz CT molecular complexity index is 768. The fraction of sp³-hybridized carbons (Fsp3) is 0.524. The Morgan fingerprint density at radius 2 is 1.42 bits per heavy atom. The van der Waals surface area contributed by atoms with Gasteiger partial charge < -0.3 is 4.43 Å². The van der Waals surface area contributed by atoms with E-state index in [4.69, 9.17) is 4.43 Å². The smallest absolute Gasteiger partial charge is 0.208 e. The van der Waals surface area contributed by atoms with Gasteiger partial charge in [0.1, 0.15) is 0 Å². The lowest BCUT2D eigenvalue weighted by Gasteiger charge is -2.49. The third-order valence-corrected chi connectivity index (χ3v) is 13.0. The van der Waals surface area contributed by atoms with Crippen molar-refractivity contribution in [2.75, 3.05) is 0 Å². The van der Waals surface area contributed by atoms with Crippen molar-refractivity contribution < 1.29 is 12.8 Å². The molecule has 0 N–H and O–H groups in total. The highest BCUT2D eigenvalue weighted by atomic mass is 32.2. The minimum atomic E-state index is -3.73. The van der Waals surface area contributed by atoms with E-state index in [1.165, 1.54) is 0 Å². The first-order valence-corrected chi connectivity index (χ1v) is 13.6. The van der Waals surface area contributed by atoms with Crippen LogP contribution in [0, 0.1) is 11.8 Å². The highest BCUT2D eigenvalue weighted by molar-refractivity contribution is 7.92. The van der Waals surface area contributed by atoms with Gasteiger partial charge in [-0.25, -0.2) is 8.42 Å². The van der Waals surface area contributed by atoms with Crippen molar-refractivity contribution in [2.24, 2.45) is 11.8 Å². The molecule has 0 saturated heterocycles. The molecular weight excluding hydrogens is 360 g/mol. The lowest BCUT2D eigenvalue weighted by molar-refractivity contribution is 0.0655. The second-order valence-corrected chi connectivity index (χ2v) is 15.6. The van der Waals surface area contributed by atoms with Crippen LogP contribution in [0.1, 0.15) is 34.6 Å². The molecule has 26 heavy (non-hydrogen) atoms. The monoisotopic (exact) mass is 392 g/mol.